The second-order valence-electron chi connectivity index (χ2n) is 7.20. The van der Waals surface area contributed by atoms with E-state index in [2.05, 4.69) is 27.7 Å². The summed E-state index contributed by atoms with van der Waals surface area (Å²) in [6.45, 7) is 9.42. The van der Waals surface area contributed by atoms with Gasteiger partial charge in [0, 0.05) is 12.2 Å². The van der Waals surface area contributed by atoms with E-state index in [1.54, 1.807) is 55.0 Å². The Morgan fingerprint density at radius 2 is 1.08 bits per heavy atom. The summed E-state index contributed by atoms with van der Waals surface area (Å²) in [7, 11) is -0.562. The van der Waals surface area contributed by atoms with E-state index in [4.69, 9.17) is 0 Å². The van der Waals surface area contributed by atoms with E-state index in [0.29, 0.717) is 4.90 Å². The van der Waals surface area contributed by atoms with Crippen molar-refractivity contribution in [2.75, 3.05) is 24.6 Å². The van der Waals surface area contributed by atoms with Gasteiger partial charge in [-0.15, -0.1) is 0 Å². The highest BCUT2D eigenvalue weighted by Crippen LogP contribution is 2.61. The minimum absolute atomic E-state index is 0.331. The Labute approximate surface area is 166 Å². The molecule has 0 bridgehead atoms. The summed E-state index contributed by atoms with van der Waals surface area (Å²) in [5.74, 6) is 0. The first-order valence-corrected chi connectivity index (χ1v) is 14.1. The van der Waals surface area contributed by atoms with Crippen molar-refractivity contribution in [3.63, 3.8) is 0 Å². The largest absolute Gasteiger partial charge is 0.768 e. The molecule has 0 heterocycles. The van der Waals surface area contributed by atoms with Crippen LogP contribution in [0.4, 0.5) is 0 Å². The zero-order chi connectivity index (χ0) is 19.7. The summed E-state index contributed by atoms with van der Waals surface area (Å²) in [5, 5.41) is 0. The van der Waals surface area contributed by atoms with Crippen LogP contribution in [0.3, 0.4) is 0 Å². The SMILES string of the molecule is CCCC[P+](CCCC)(CCCC)CCCC.O=S([O-])c1ccccc1. The summed E-state index contributed by atoms with van der Waals surface area (Å²) in [6, 6.07) is 8.23. The van der Waals surface area contributed by atoms with Crippen LogP contribution in [0.1, 0.15) is 79.1 Å². The molecule has 0 N–H and O–H groups in total. The van der Waals surface area contributed by atoms with Crippen LogP contribution >= 0.6 is 7.26 Å². The van der Waals surface area contributed by atoms with E-state index in [9.17, 15) is 8.76 Å². The smallest absolute Gasteiger partial charge is 0.0594 e. The van der Waals surface area contributed by atoms with Gasteiger partial charge in [0.1, 0.15) is 0 Å². The van der Waals surface area contributed by atoms with Crippen molar-refractivity contribution in [1.29, 1.82) is 0 Å². The predicted octanol–water partition coefficient (Wildman–Crippen LogP) is 7.13. The lowest BCUT2D eigenvalue weighted by molar-refractivity contribution is 0.537. The first kappa shape index (κ1) is 25.8. The lowest BCUT2D eigenvalue weighted by Gasteiger charge is -2.28. The van der Waals surface area contributed by atoms with E-state index in [0.717, 1.165) is 0 Å². The van der Waals surface area contributed by atoms with Gasteiger partial charge in [0.2, 0.25) is 0 Å². The molecule has 0 aromatic heterocycles. The van der Waals surface area contributed by atoms with Crippen LogP contribution in [0.15, 0.2) is 35.2 Å². The molecule has 1 unspecified atom stereocenters. The van der Waals surface area contributed by atoms with Gasteiger partial charge in [-0.05, 0) is 48.9 Å². The maximum atomic E-state index is 10.2. The van der Waals surface area contributed by atoms with Gasteiger partial charge < -0.3 is 4.55 Å². The third-order valence-corrected chi connectivity index (χ3v) is 10.6. The summed E-state index contributed by atoms with van der Waals surface area (Å²) < 4.78 is 20.4. The Morgan fingerprint density at radius 3 is 1.31 bits per heavy atom. The van der Waals surface area contributed by atoms with Crippen molar-refractivity contribution >= 4 is 18.3 Å². The van der Waals surface area contributed by atoms with Gasteiger partial charge in [0.25, 0.3) is 0 Å². The molecular formula is C22H41O2PS. The lowest BCUT2D eigenvalue weighted by Crippen LogP contribution is -2.12. The zero-order valence-electron chi connectivity index (χ0n) is 17.5. The van der Waals surface area contributed by atoms with Crippen LogP contribution in [0.25, 0.3) is 0 Å². The van der Waals surface area contributed by atoms with E-state index < -0.39 is 18.3 Å². The van der Waals surface area contributed by atoms with Gasteiger partial charge in [-0.1, -0.05) is 71.6 Å². The highest BCUT2D eigenvalue weighted by atomic mass is 32.2. The Kier molecular flexibility index (Phi) is 16.7. The van der Waals surface area contributed by atoms with Crippen LogP contribution in [-0.2, 0) is 11.1 Å². The van der Waals surface area contributed by atoms with Crippen LogP contribution in [0.5, 0.6) is 0 Å². The van der Waals surface area contributed by atoms with Crippen molar-refractivity contribution in [1.82, 2.24) is 0 Å². The molecule has 0 radical (unpaired) electrons. The molecule has 0 aliphatic heterocycles. The van der Waals surface area contributed by atoms with E-state index in [-0.39, 0.29) is 0 Å². The molecular weight excluding hydrogens is 359 g/mol. The van der Waals surface area contributed by atoms with Crippen LogP contribution in [0.2, 0.25) is 0 Å². The van der Waals surface area contributed by atoms with Gasteiger partial charge in [-0.3, -0.25) is 4.21 Å². The van der Waals surface area contributed by atoms with Gasteiger partial charge in [0.05, 0.1) is 24.6 Å². The Balaban J connectivity index is 0.000000577. The molecule has 0 saturated heterocycles. The van der Waals surface area contributed by atoms with Crippen LogP contribution < -0.4 is 0 Å². The van der Waals surface area contributed by atoms with E-state index in [1.165, 1.54) is 51.4 Å². The number of benzene rings is 1. The molecule has 1 rings (SSSR count). The second-order valence-corrected chi connectivity index (χ2v) is 12.6. The molecule has 152 valence electrons. The quantitative estimate of drug-likeness (QED) is 0.261. The summed E-state index contributed by atoms with van der Waals surface area (Å²) >= 11 is -2.08. The molecule has 1 aromatic carbocycles. The number of hydrogen-bond donors (Lipinski definition) is 0. The third kappa shape index (κ3) is 12.2. The fraction of sp³-hybridized carbons (Fsp3) is 0.727. The average molecular weight is 401 g/mol. The van der Waals surface area contributed by atoms with E-state index >= 15 is 0 Å². The standard InChI is InChI=1S/C16H36P.C6H6O2S/c1-5-9-13-17(14-10-6-2,15-11-7-3)16-12-8-4;7-9(8)6-4-2-1-3-5-6/h5-16H2,1-4H3;1-5H,(H,7,8)/q+1;/p-1. The maximum Gasteiger partial charge on any atom is 0.0594 e. The number of rotatable bonds is 13. The molecule has 1 aromatic rings. The third-order valence-electron chi connectivity index (χ3n) is 4.88. The predicted molar refractivity (Wildman–Crippen MR) is 120 cm³/mol. The minimum Gasteiger partial charge on any atom is -0.768 e. The van der Waals surface area contributed by atoms with Crippen molar-refractivity contribution in [2.24, 2.45) is 0 Å². The van der Waals surface area contributed by atoms with Crippen molar-refractivity contribution in [3.05, 3.63) is 30.3 Å². The molecule has 1 atom stereocenters. The Morgan fingerprint density at radius 1 is 0.731 bits per heavy atom. The molecule has 0 amide bonds. The maximum absolute atomic E-state index is 10.2. The highest BCUT2D eigenvalue weighted by molar-refractivity contribution is 7.79. The lowest BCUT2D eigenvalue weighted by atomic mass is 10.4. The Hall–Kier alpha value is -0.240. The first-order valence-electron chi connectivity index (χ1n) is 10.5. The molecule has 0 fully saturated rings. The summed E-state index contributed by atoms with van der Waals surface area (Å²) in [4.78, 5) is 0.331. The molecule has 2 nitrogen and oxygen atoms in total. The topological polar surface area (TPSA) is 40.1 Å². The van der Waals surface area contributed by atoms with Gasteiger partial charge in [0.15, 0.2) is 0 Å². The number of unbranched alkanes of at least 4 members (excludes halogenated alkanes) is 4. The van der Waals surface area contributed by atoms with Gasteiger partial charge in [-0.25, -0.2) is 0 Å². The molecule has 0 saturated carbocycles. The second kappa shape index (κ2) is 16.9. The first-order chi connectivity index (χ1) is 12.5. The molecule has 0 spiro atoms. The van der Waals surface area contributed by atoms with Gasteiger partial charge >= 0.3 is 0 Å². The van der Waals surface area contributed by atoms with Crippen molar-refractivity contribution in [3.8, 4) is 0 Å². The van der Waals surface area contributed by atoms with Gasteiger partial charge in [-0.2, -0.15) is 0 Å². The zero-order valence-corrected chi connectivity index (χ0v) is 19.3. The molecule has 4 heteroatoms. The number of hydrogen-bond acceptors (Lipinski definition) is 2. The molecule has 0 aliphatic rings. The average Bonchev–Trinajstić information content (AvgIpc) is 2.68. The fourth-order valence-electron chi connectivity index (χ4n) is 3.18. The summed E-state index contributed by atoms with van der Waals surface area (Å²) in [6.07, 6.45) is 17.9. The van der Waals surface area contributed by atoms with Crippen LogP contribution in [-0.4, -0.2) is 33.4 Å². The summed E-state index contributed by atoms with van der Waals surface area (Å²) in [5.41, 5.74) is 0. The van der Waals surface area contributed by atoms with Crippen LogP contribution in [0, 0.1) is 0 Å². The molecule has 0 aliphatic carbocycles. The Bertz CT molecular complexity index is 413. The highest BCUT2D eigenvalue weighted by Gasteiger charge is 2.34. The normalized spacial score (nSPS) is 12.3. The minimum atomic E-state index is -2.08. The molecule has 26 heavy (non-hydrogen) atoms. The van der Waals surface area contributed by atoms with Crippen molar-refractivity contribution in [2.45, 2.75) is 84.0 Å². The fourth-order valence-corrected chi connectivity index (χ4v) is 8.85. The van der Waals surface area contributed by atoms with Crippen molar-refractivity contribution < 1.29 is 8.76 Å². The van der Waals surface area contributed by atoms with E-state index in [1.807, 2.05) is 0 Å². The monoisotopic (exact) mass is 400 g/mol.